The van der Waals surface area contributed by atoms with Crippen molar-refractivity contribution in [2.75, 3.05) is 25.6 Å². The highest BCUT2D eigenvalue weighted by molar-refractivity contribution is 5.98. The quantitative estimate of drug-likeness (QED) is 0.715. The Morgan fingerprint density at radius 3 is 2.67 bits per heavy atom. The summed E-state index contributed by atoms with van der Waals surface area (Å²) in [5, 5.41) is 6.14. The predicted octanol–water partition coefficient (Wildman–Crippen LogP) is 1.45. The molecule has 0 spiro atoms. The standard InChI is InChI=1S/C16H23N3O4.ClH/c1-16(7-3-4-8-18-16)15(21)19-11-5-6-12(22-2)13(9-11)23-10-14(17)20;/h5-6,9,18H,3-4,7-8,10H2,1-2H3,(H2,17,20)(H,19,21);1H. The molecule has 1 fully saturated rings. The van der Waals surface area contributed by atoms with Gasteiger partial charge in [-0.25, -0.2) is 0 Å². The normalized spacial score (nSPS) is 19.8. The van der Waals surface area contributed by atoms with Crippen LogP contribution in [-0.4, -0.2) is 37.6 Å². The zero-order valence-corrected chi connectivity index (χ0v) is 14.7. The molecule has 134 valence electrons. The molecule has 1 aliphatic rings. The van der Waals surface area contributed by atoms with Crippen LogP contribution in [0.2, 0.25) is 0 Å². The minimum absolute atomic E-state index is 0. The topological polar surface area (TPSA) is 103 Å². The number of halogens is 1. The summed E-state index contributed by atoms with van der Waals surface area (Å²) < 4.78 is 10.5. The number of nitrogens with two attached hydrogens (primary N) is 1. The molecule has 0 aromatic heterocycles. The number of hydrogen-bond donors (Lipinski definition) is 3. The van der Waals surface area contributed by atoms with E-state index in [-0.39, 0.29) is 24.9 Å². The van der Waals surface area contributed by atoms with Gasteiger partial charge in [0.15, 0.2) is 18.1 Å². The Hall–Kier alpha value is -1.99. The van der Waals surface area contributed by atoms with Crippen molar-refractivity contribution in [3.05, 3.63) is 18.2 Å². The zero-order valence-electron chi connectivity index (χ0n) is 13.9. The second kappa shape index (κ2) is 8.75. The number of anilines is 1. The molecule has 1 heterocycles. The summed E-state index contributed by atoms with van der Waals surface area (Å²) in [6, 6.07) is 5.01. The van der Waals surface area contributed by atoms with E-state index in [9.17, 15) is 9.59 Å². The summed E-state index contributed by atoms with van der Waals surface area (Å²) >= 11 is 0. The average molecular weight is 358 g/mol. The first kappa shape index (κ1) is 20.1. The van der Waals surface area contributed by atoms with Gasteiger partial charge in [0.05, 0.1) is 12.6 Å². The minimum atomic E-state index is -0.583. The van der Waals surface area contributed by atoms with Gasteiger partial charge in [-0.15, -0.1) is 12.4 Å². The predicted molar refractivity (Wildman–Crippen MR) is 93.8 cm³/mol. The van der Waals surface area contributed by atoms with E-state index in [0.717, 1.165) is 25.8 Å². The SMILES string of the molecule is COc1ccc(NC(=O)C2(C)CCCCN2)cc1OCC(N)=O.Cl. The molecule has 0 saturated carbocycles. The van der Waals surface area contributed by atoms with Crippen LogP contribution in [0.15, 0.2) is 18.2 Å². The molecule has 2 rings (SSSR count). The molecule has 1 aliphatic heterocycles. The first-order valence-electron chi connectivity index (χ1n) is 7.60. The van der Waals surface area contributed by atoms with E-state index in [2.05, 4.69) is 10.6 Å². The number of hydrogen-bond acceptors (Lipinski definition) is 5. The molecule has 8 heteroatoms. The van der Waals surface area contributed by atoms with E-state index in [1.54, 1.807) is 18.2 Å². The Labute approximate surface area is 147 Å². The number of benzene rings is 1. The van der Waals surface area contributed by atoms with Gasteiger partial charge in [0.1, 0.15) is 0 Å². The monoisotopic (exact) mass is 357 g/mol. The molecule has 1 unspecified atom stereocenters. The number of piperidine rings is 1. The smallest absolute Gasteiger partial charge is 0.255 e. The van der Waals surface area contributed by atoms with Crippen molar-refractivity contribution >= 4 is 29.9 Å². The van der Waals surface area contributed by atoms with Crippen molar-refractivity contribution in [3.8, 4) is 11.5 Å². The molecule has 1 atom stereocenters. The molecule has 7 nitrogen and oxygen atoms in total. The fourth-order valence-electron chi connectivity index (χ4n) is 2.54. The van der Waals surface area contributed by atoms with Gasteiger partial charge in [-0.05, 0) is 44.9 Å². The summed E-state index contributed by atoms with van der Waals surface area (Å²) in [4.78, 5) is 23.4. The van der Waals surface area contributed by atoms with Crippen LogP contribution in [0.5, 0.6) is 11.5 Å². The van der Waals surface area contributed by atoms with Gasteiger partial charge in [0, 0.05) is 11.8 Å². The summed E-state index contributed by atoms with van der Waals surface area (Å²) in [5.41, 5.74) is 5.08. The van der Waals surface area contributed by atoms with Crippen LogP contribution < -0.4 is 25.8 Å². The van der Waals surface area contributed by atoms with Crippen molar-refractivity contribution in [2.45, 2.75) is 31.7 Å². The van der Waals surface area contributed by atoms with Crippen molar-refractivity contribution in [1.29, 1.82) is 0 Å². The summed E-state index contributed by atoms with van der Waals surface area (Å²) in [7, 11) is 1.50. The lowest BCUT2D eigenvalue weighted by molar-refractivity contribution is -0.122. The fraction of sp³-hybridized carbons (Fsp3) is 0.500. The van der Waals surface area contributed by atoms with Crippen molar-refractivity contribution in [3.63, 3.8) is 0 Å². The lowest BCUT2D eigenvalue weighted by Gasteiger charge is -2.33. The number of primary amides is 1. The molecule has 1 saturated heterocycles. The van der Waals surface area contributed by atoms with E-state index >= 15 is 0 Å². The van der Waals surface area contributed by atoms with E-state index in [0.29, 0.717) is 17.2 Å². The van der Waals surface area contributed by atoms with Crippen LogP contribution in [0.3, 0.4) is 0 Å². The van der Waals surface area contributed by atoms with E-state index < -0.39 is 11.4 Å². The van der Waals surface area contributed by atoms with E-state index in [1.807, 2.05) is 6.92 Å². The first-order chi connectivity index (χ1) is 10.9. The molecular formula is C16H24ClN3O4. The highest BCUT2D eigenvalue weighted by Gasteiger charge is 2.34. The number of nitrogens with one attached hydrogen (secondary N) is 2. The highest BCUT2D eigenvalue weighted by atomic mass is 35.5. The maximum Gasteiger partial charge on any atom is 0.255 e. The van der Waals surface area contributed by atoms with Crippen LogP contribution in [0, 0.1) is 0 Å². The molecule has 4 N–H and O–H groups in total. The third kappa shape index (κ3) is 5.01. The molecule has 0 bridgehead atoms. The van der Waals surface area contributed by atoms with E-state index in [4.69, 9.17) is 15.2 Å². The zero-order chi connectivity index (χ0) is 16.9. The van der Waals surface area contributed by atoms with Crippen molar-refractivity contribution in [1.82, 2.24) is 5.32 Å². The number of amides is 2. The van der Waals surface area contributed by atoms with Crippen LogP contribution in [0.4, 0.5) is 5.69 Å². The molecule has 1 aromatic rings. The number of ether oxygens (including phenoxy) is 2. The minimum Gasteiger partial charge on any atom is -0.493 e. The summed E-state index contributed by atoms with van der Waals surface area (Å²) in [6.07, 6.45) is 2.89. The Kier molecular flexibility index (Phi) is 7.31. The lowest BCUT2D eigenvalue weighted by Crippen LogP contribution is -2.54. The van der Waals surface area contributed by atoms with Gasteiger partial charge in [0.25, 0.3) is 5.91 Å². The maximum absolute atomic E-state index is 12.5. The number of carbonyl (C=O) groups is 2. The Morgan fingerprint density at radius 1 is 1.33 bits per heavy atom. The van der Waals surface area contributed by atoms with Gasteiger partial charge < -0.3 is 25.8 Å². The molecule has 0 aliphatic carbocycles. The van der Waals surface area contributed by atoms with Crippen LogP contribution in [-0.2, 0) is 9.59 Å². The average Bonchev–Trinajstić information content (AvgIpc) is 2.53. The largest absolute Gasteiger partial charge is 0.493 e. The molecular weight excluding hydrogens is 334 g/mol. The number of carbonyl (C=O) groups excluding carboxylic acids is 2. The Morgan fingerprint density at radius 2 is 2.08 bits per heavy atom. The van der Waals surface area contributed by atoms with E-state index in [1.165, 1.54) is 7.11 Å². The Bertz CT molecular complexity index is 589. The first-order valence-corrected chi connectivity index (χ1v) is 7.60. The third-order valence-electron chi connectivity index (χ3n) is 3.91. The van der Waals surface area contributed by atoms with Crippen LogP contribution in [0.25, 0.3) is 0 Å². The molecule has 1 aromatic carbocycles. The number of rotatable bonds is 6. The molecule has 0 radical (unpaired) electrons. The van der Waals surface area contributed by atoms with Crippen LogP contribution >= 0.6 is 12.4 Å². The second-order valence-electron chi connectivity index (χ2n) is 5.79. The van der Waals surface area contributed by atoms with Gasteiger partial charge >= 0.3 is 0 Å². The fourth-order valence-corrected chi connectivity index (χ4v) is 2.54. The maximum atomic E-state index is 12.5. The third-order valence-corrected chi connectivity index (χ3v) is 3.91. The Balaban J connectivity index is 0.00000288. The van der Waals surface area contributed by atoms with Gasteiger partial charge in [-0.1, -0.05) is 0 Å². The van der Waals surface area contributed by atoms with Crippen molar-refractivity contribution in [2.24, 2.45) is 5.73 Å². The summed E-state index contributed by atoms with van der Waals surface area (Å²) in [6.45, 7) is 2.47. The summed E-state index contributed by atoms with van der Waals surface area (Å²) in [5.74, 6) is 0.140. The molecule has 2 amide bonds. The van der Waals surface area contributed by atoms with Gasteiger partial charge in [-0.2, -0.15) is 0 Å². The van der Waals surface area contributed by atoms with Crippen molar-refractivity contribution < 1.29 is 19.1 Å². The van der Waals surface area contributed by atoms with Crippen LogP contribution in [0.1, 0.15) is 26.2 Å². The van der Waals surface area contributed by atoms with Gasteiger partial charge in [-0.3, -0.25) is 9.59 Å². The van der Waals surface area contributed by atoms with Gasteiger partial charge in [0.2, 0.25) is 5.91 Å². The number of methoxy groups -OCH3 is 1. The molecule has 24 heavy (non-hydrogen) atoms. The highest BCUT2D eigenvalue weighted by Crippen LogP contribution is 2.31. The lowest BCUT2D eigenvalue weighted by atomic mass is 9.90. The second-order valence-corrected chi connectivity index (χ2v) is 5.79.